The zero-order valence-electron chi connectivity index (χ0n) is 6.69. The first kappa shape index (κ1) is 11.4. The van der Waals surface area contributed by atoms with E-state index in [0.717, 1.165) is 0 Å². The molecule has 2 amide bonds. The van der Waals surface area contributed by atoms with E-state index in [4.69, 9.17) is 5.73 Å². The van der Waals surface area contributed by atoms with Gasteiger partial charge < -0.3 is 11.1 Å². The SMILES string of the molecule is Cl.NC(=O)C(=O)Nc1ccccc1. The number of primary amides is 1. The Morgan fingerprint density at radius 3 is 2.15 bits per heavy atom. The maximum atomic E-state index is 10.7. The van der Waals surface area contributed by atoms with Gasteiger partial charge in [0.15, 0.2) is 0 Å². The molecule has 0 fully saturated rings. The Kier molecular flexibility index (Phi) is 4.54. The Morgan fingerprint density at radius 1 is 1.15 bits per heavy atom. The van der Waals surface area contributed by atoms with Crippen molar-refractivity contribution >= 4 is 29.9 Å². The van der Waals surface area contributed by atoms with Gasteiger partial charge in [-0.05, 0) is 12.1 Å². The minimum absolute atomic E-state index is 0. The quantitative estimate of drug-likeness (QED) is 0.650. The van der Waals surface area contributed by atoms with Crippen LogP contribution in [-0.2, 0) is 9.59 Å². The van der Waals surface area contributed by atoms with Crippen molar-refractivity contribution in [3.8, 4) is 0 Å². The van der Waals surface area contributed by atoms with Crippen LogP contribution >= 0.6 is 12.4 Å². The highest BCUT2D eigenvalue weighted by Gasteiger charge is 2.07. The molecule has 0 saturated carbocycles. The van der Waals surface area contributed by atoms with E-state index in [2.05, 4.69) is 5.32 Å². The molecule has 0 aliphatic heterocycles. The van der Waals surface area contributed by atoms with Gasteiger partial charge in [-0.15, -0.1) is 12.4 Å². The lowest BCUT2D eigenvalue weighted by Gasteiger charge is -1.99. The summed E-state index contributed by atoms with van der Waals surface area (Å²) in [5.41, 5.74) is 5.29. The first-order valence-electron chi connectivity index (χ1n) is 3.36. The van der Waals surface area contributed by atoms with Gasteiger partial charge in [-0.2, -0.15) is 0 Å². The third-order valence-electron chi connectivity index (χ3n) is 1.26. The lowest BCUT2D eigenvalue weighted by molar-refractivity contribution is -0.134. The van der Waals surface area contributed by atoms with E-state index in [0.29, 0.717) is 5.69 Å². The molecule has 0 aromatic heterocycles. The van der Waals surface area contributed by atoms with E-state index in [1.165, 1.54) is 0 Å². The first-order valence-corrected chi connectivity index (χ1v) is 3.36. The molecule has 0 bridgehead atoms. The van der Waals surface area contributed by atoms with Gasteiger partial charge in [0.1, 0.15) is 0 Å². The highest BCUT2D eigenvalue weighted by molar-refractivity contribution is 6.39. The van der Waals surface area contributed by atoms with Gasteiger partial charge in [0.25, 0.3) is 0 Å². The van der Waals surface area contributed by atoms with Gasteiger partial charge in [0.05, 0.1) is 0 Å². The molecule has 0 aliphatic rings. The number of amides is 2. The Hall–Kier alpha value is -1.55. The number of nitrogens with one attached hydrogen (secondary N) is 1. The van der Waals surface area contributed by atoms with Crippen molar-refractivity contribution in [1.82, 2.24) is 0 Å². The van der Waals surface area contributed by atoms with Crippen LogP contribution in [0.2, 0.25) is 0 Å². The molecule has 1 aromatic carbocycles. The molecule has 0 aliphatic carbocycles. The number of nitrogens with two attached hydrogens (primary N) is 1. The number of para-hydroxylation sites is 1. The topological polar surface area (TPSA) is 72.2 Å². The van der Waals surface area contributed by atoms with Crippen LogP contribution < -0.4 is 11.1 Å². The lowest BCUT2D eigenvalue weighted by atomic mass is 10.3. The fourth-order valence-corrected chi connectivity index (χ4v) is 0.714. The number of benzene rings is 1. The summed E-state index contributed by atoms with van der Waals surface area (Å²) in [6.07, 6.45) is 0. The van der Waals surface area contributed by atoms with Crippen molar-refractivity contribution in [2.75, 3.05) is 5.32 Å². The van der Waals surface area contributed by atoms with Crippen molar-refractivity contribution in [1.29, 1.82) is 0 Å². The molecule has 0 unspecified atom stereocenters. The molecule has 0 heterocycles. The summed E-state index contributed by atoms with van der Waals surface area (Å²) >= 11 is 0. The average molecular weight is 201 g/mol. The molecule has 13 heavy (non-hydrogen) atoms. The van der Waals surface area contributed by atoms with E-state index in [1.54, 1.807) is 30.3 Å². The number of hydrogen-bond donors (Lipinski definition) is 2. The molecule has 3 N–H and O–H groups in total. The van der Waals surface area contributed by atoms with Crippen LogP contribution in [0, 0.1) is 0 Å². The molecule has 0 atom stereocenters. The van der Waals surface area contributed by atoms with E-state index in [9.17, 15) is 9.59 Å². The Morgan fingerprint density at radius 2 is 1.69 bits per heavy atom. The fraction of sp³-hybridized carbons (Fsp3) is 0. The molecule has 0 spiro atoms. The molecule has 1 aromatic rings. The van der Waals surface area contributed by atoms with Gasteiger partial charge in [-0.1, -0.05) is 18.2 Å². The van der Waals surface area contributed by atoms with Gasteiger partial charge in [-0.25, -0.2) is 0 Å². The number of carbonyl (C=O) groups is 2. The summed E-state index contributed by atoms with van der Waals surface area (Å²) in [7, 11) is 0. The Balaban J connectivity index is 0.00000144. The van der Waals surface area contributed by atoms with Crippen LogP contribution in [0.5, 0.6) is 0 Å². The Bertz CT molecular complexity index is 300. The van der Waals surface area contributed by atoms with Gasteiger partial charge in [-0.3, -0.25) is 9.59 Å². The monoisotopic (exact) mass is 200 g/mol. The second-order valence-electron chi connectivity index (χ2n) is 2.18. The van der Waals surface area contributed by atoms with Crippen LogP contribution in [0.25, 0.3) is 0 Å². The van der Waals surface area contributed by atoms with Crippen LogP contribution in [0.15, 0.2) is 30.3 Å². The number of anilines is 1. The number of hydrogen-bond acceptors (Lipinski definition) is 2. The first-order chi connectivity index (χ1) is 5.70. The van der Waals surface area contributed by atoms with Crippen molar-refractivity contribution in [2.45, 2.75) is 0 Å². The van der Waals surface area contributed by atoms with E-state index >= 15 is 0 Å². The summed E-state index contributed by atoms with van der Waals surface area (Å²) in [5.74, 6) is -1.79. The van der Waals surface area contributed by atoms with Gasteiger partial charge in [0.2, 0.25) is 0 Å². The Labute approximate surface area is 81.5 Å². The summed E-state index contributed by atoms with van der Waals surface area (Å²) in [6, 6.07) is 8.63. The summed E-state index contributed by atoms with van der Waals surface area (Å²) in [6.45, 7) is 0. The summed E-state index contributed by atoms with van der Waals surface area (Å²) < 4.78 is 0. The van der Waals surface area contributed by atoms with Crippen LogP contribution in [-0.4, -0.2) is 11.8 Å². The maximum Gasteiger partial charge on any atom is 0.313 e. The smallest absolute Gasteiger partial charge is 0.313 e. The highest BCUT2D eigenvalue weighted by Crippen LogP contribution is 2.03. The largest absolute Gasteiger partial charge is 0.361 e. The average Bonchev–Trinajstić information content (AvgIpc) is 2.06. The normalized spacial score (nSPS) is 8.31. The van der Waals surface area contributed by atoms with Crippen LogP contribution in [0.1, 0.15) is 0 Å². The zero-order chi connectivity index (χ0) is 8.97. The van der Waals surface area contributed by atoms with Gasteiger partial charge in [0, 0.05) is 5.69 Å². The van der Waals surface area contributed by atoms with E-state index in [-0.39, 0.29) is 12.4 Å². The molecule has 4 nitrogen and oxygen atoms in total. The van der Waals surface area contributed by atoms with E-state index < -0.39 is 11.8 Å². The maximum absolute atomic E-state index is 10.7. The predicted molar refractivity (Wildman–Crippen MR) is 51.5 cm³/mol. The molecular formula is C8H9ClN2O2. The number of carbonyl (C=O) groups excluding carboxylic acids is 2. The molecular weight excluding hydrogens is 192 g/mol. The van der Waals surface area contributed by atoms with Crippen LogP contribution in [0.4, 0.5) is 5.69 Å². The van der Waals surface area contributed by atoms with Crippen molar-refractivity contribution in [3.63, 3.8) is 0 Å². The molecule has 5 heteroatoms. The minimum Gasteiger partial charge on any atom is -0.361 e. The van der Waals surface area contributed by atoms with Crippen LogP contribution in [0.3, 0.4) is 0 Å². The standard InChI is InChI=1S/C8H8N2O2.ClH/c9-7(11)8(12)10-6-4-2-1-3-5-6;/h1-5H,(H2,9,11)(H,10,12);1H. The van der Waals surface area contributed by atoms with Crippen molar-refractivity contribution in [3.05, 3.63) is 30.3 Å². The van der Waals surface area contributed by atoms with Gasteiger partial charge >= 0.3 is 11.8 Å². The zero-order valence-corrected chi connectivity index (χ0v) is 7.51. The second kappa shape index (κ2) is 5.16. The minimum atomic E-state index is -0.987. The summed E-state index contributed by atoms with van der Waals surface area (Å²) in [4.78, 5) is 21.0. The molecule has 0 saturated heterocycles. The second-order valence-corrected chi connectivity index (χ2v) is 2.18. The van der Waals surface area contributed by atoms with Crippen molar-refractivity contribution < 1.29 is 9.59 Å². The van der Waals surface area contributed by atoms with Crippen molar-refractivity contribution in [2.24, 2.45) is 5.73 Å². The fourth-order valence-electron chi connectivity index (χ4n) is 0.714. The highest BCUT2D eigenvalue weighted by atomic mass is 35.5. The summed E-state index contributed by atoms with van der Waals surface area (Å²) in [5, 5.41) is 2.33. The predicted octanol–water partition coefficient (Wildman–Crippen LogP) is 0.532. The molecule has 0 radical (unpaired) electrons. The van der Waals surface area contributed by atoms with E-state index in [1.807, 2.05) is 0 Å². The molecule has 1 rings (SSSR count). The lowest BCUT2D eigenvalue weighted by Crippen LogP contribution is -2.29. The molecule has 70 valence electrons. The number of rotatable bonds is 1. The third-order valence-corrected chi connectivity index (χ3v) is 1.26. The third kappa shape index (κ3) is 3.57. The number of halogens is 1.